The molecule has 0 bridgehead atoms. The van der Waals surface area contributed by atoms with Crippen LogP contribution >= 0.6 is 12.4 Å². The van der Waals surface area contributed by atoms with E-state index < -0.39 is 0 Å². The van der Waals surface area contributed by atoms with E-state index in [4.69, 9.17) is 5.73 Å². The molecular formula is C8H17ClN2O. The van der Waals surface area contributed by atoms with Gasteiger partial charge in [-0.05, 0) is 32.5 Å². The summed E-state index contributed by atoms with van der Waals surface area (Å²) in [6, 6.07) is 0. The number of hydrogen-bond donors (Lipinski definition) is 1. The summed E-state index contributed by atoms with van der Waals surface area (Å²) in [5.41, 5.74) is 5.26. The van der Waals surface area contributed by atoms with Gasteiger partial charge in [-0.3, -0.25) is 9.69 Å². The standard InChI is InChI=1S/C8H16N2O.ClH/c9-4-3-8(11)7-10-5-1-2-6-10;/h1-7,9H2;1H. The van der Waals surface area contributed by atoms with Gasteiger partial charge in [-0.1, -0.05) is 0 Å². The van der Waals surface area contributed by atoms with E-state index in [9.17, 15) is 4.79 Å². The second-order valence-corrected chi connectivity index (χ2v) is 3.06. The molecule has 0 aromatic carbocycles. The number of nitrogens with zero attached hydrogens (tertiary/aromatic N) is 1. The third kappa shape index (κ3) is 4.04. The minimum atomic E-state index is 0. The van der Waals surface area contributed by atoms with Crippen LogP contribution in [0.3, 0.4) is 0 Å². The van der Waals surface area contributed by atoms with Gasteiger partial charge >= 0.3 is 0 Å². The number of carbonyl (C=O) groups is 1. The maximum atomic E-state index is 11.1. The molecule has 0 amide bonds. The van der Waals surface area contributed by atoms with Gasteiger partial charge in [0.05, 0.1) is 6.54 Å². The van der Waals surface area contributed by atoms with Gasteiger partial charge in [-0.2, -0.15) is 0 Å². The number of Topliss-reactive ketones (excluding diaryl/α,β-unsaturated/α-hetero) is 1. The fourth-order valence-corrected chi connectivity index (χ4v) is 1.43. The Bertz CT molecular complexity index is 135. The van der Waals surface area contributed by atoms with Crippen molar-refractivity contribution in [2.24, 2.45) is 5.73 Å². The summed E-state index contributed by atoms with van der Waals surface area (Å²) in [4.78, 5) is 13.3. The summed E-state index contributed by atoms with van der Waals surface area (Å²) >= 11 is 0. The van der Waals surface area contributed by atoms with Gasteiger partial charge in [-0.25, -0.2) is 0 Å². The molecule has 0 aromatic heterocycles. The summed E-state index contributed by atoms with van der Waals surface area (Å²) in [7, 11) is 0. The van der Waals surface area contributed by atoms with Gasteiger partial charge in [-0.15, -0.1) is 12.4 Å². The van der Waals surface area contributed by atoms with E-state index in [1.165, 1.54) is 12.8 Å². The van der Waals surface area contributed by atoms with Crippen molar-refractivity contribution in [3.8, 4) is 0 Å². The predicted octanol–water partition coefficient (Wildman–Crippen LogP) is 0.422. The number of hydrogen-bond acceptors (Lipinski definition) is 3. The molecule has 1 saturated heterocycles. The number of carbonyl (C=O) groups excluding carboxylic acids is 1. The summed E-state index contributed by atoms with van der Waals surface area (Å²) < 4.78 is 0. The Hall–Kier alpha value is -0.120. The van der Waals surface area contributed by atoms with E-state index in [1.807, 2.05) is 0 Å². The topological polar surface area (TPSA) is 46.3 Å². The Morgan fingerprint density at radius 1 is 1.33 bits per heavy atom. The number of halogens is 1. The fraction of sp³-hybridized carbons (Fsp3) is 0.875. The van der Waals surface area contributed by atoms with Crippen LogP contribution in [0, 0.1) is 0 Å². The molecule has 0 aromatic rings. The third-order valence-corrected chi connectivity index (χ3v) is 2.02. The monoisotopic (exact) mass is 192 g/mol. The van der Waals surface area contributed by atoms with Crippen molar-refractivity contribution < 1.29 is 4.79 Å². The number of ketones is 1. The van der Waals surface area contributed by atoms with Crippen LogP contribution in [0.4, 0.5) is 0 Å². The lowest BCUT2D eigenvalue weighted by molar-refractivity contribution is -0.119. The molecule has 12 heavy (non-hydrogen) atoms. The molecular weight excluding hydrogens is 176 g/mol. The van der Waals surface area contributed by atoms with Crippen LogP contribution < -0.4 is 5.73 Å². The van der Waals surface area contributed by atoms with Crippen LogP contribution in [0.2, 0.25) is 0 Å². The molecule has 0 unspecified atom stereocenters. The molecule has 0 aliphatic carbocycles. The highest BCUT2D eigenvalue weighted by molar-refractivity contribution is 5.85. The lowest BCUT2D eigenvalue weighted by Crippen LogP contribution is -2.27. The Morgan fingerprint density at radius 3 is 2.42 bits per heavy atom. The Kier molecular flexibility index (Phi) is 6.34. The summed E-state index contributed by atoms with van der Waals surface area (Å²) in [5.74, 6) is 0.286. The number of nitrogens with two attached hydrogens (primary N) is 1. The molecule has 2 N–H and O–H groups in total. The van der Waals surface area contributed by atoms with Crippen molar-refractivity contribution in [1.82, 2.24) is 4.90 Å². The van der Waals surface area contributed by atoms with Crippen molar-refractivity contribution >= 4 is 18.2 Å². The SMILES string of the molecule is Cl.NCCC(=O)CN1CCCC1. The van der Waals surface area contributed by atoms with Gasteiger partial charge in [0.2, 0.25) is 0 Å². The Balaban J connectivity index is 0.00000121. The van der Waals surface area contributed by atoms with Crippen LogP contribution in [0.5, 0.6) is 0 Å². The molecule has 1 rings (SSSR count). The highest BCUT2D eigenvalue weighted by atomic mass is 35.5. The first-order valence-electron chi connectivity index (χ1n) is 4.27. The first kappa shape index (κ1) is 11.9. The molecule has 0 atom stereocenters. The molecule has 1 aliphatic heterocycles. The fourth-order valence-electron chi connectivity index (χ4n) is 1.43. The number of rotatable bonds is 4. The van der Waals surface area contributed by atoms with Gasteiger partial charge in [0.15, 0.2) is 0 Å². The normalized spacial score (nSPS) is 17.4. The summed E-state index contributed by atoms with van der Waals surface area (Å²) in [6.07, 6.45) is 3.03. The van der Waals surface area contributed by atoms with Crippen LogP contribution in [-0.2, 0) is 4.79 Å². The minimum absolute atomic E-state index is 0. The van der Waals surface area contributed by atoms with Crippen molar-refractivity contribution in [2.75, 3.05) is 26.2 Å². The summed E-state index contributed by atoms with van der Waals surface area (Å²) in [5, 5.41) is 0. The lowest BCUT2D eigenvalue weighted by atomic mass is 10.3. The van der Waals surface area contributed by atoms with E-state index in [2.05, 4.69) is 4.90 Å². The smallest absolute Gasteiger partial charge is 0.148 e. The van der Waals surface area contributed by atoms with Crippen molar-refractivity contribution in [3.63, 3.8) is 0 Å². The first-order valence-corrected chi connectivity index (χ1v) is 4.27. The van der Waals surface area contributed by atoms with E-state index in [1.54, 1.807) is 0 Å². The number of likely N-dealkylation sites (tertiary alicyclic amines) is 1. The van der Waals surface area contributed by atoms with Crippen LogP contribution in [0.15, 0.2) is 0 Å². The van der Waals surface area contributed by atoms with Gasteiger partial charge in [0.25, 0.3) is 0 Å². The molecule has 0 spiro atoms. The predicted molar refractivity (Wildman–Crippen MR) is 51.6 cm³/mol. The maximum absolute atomic E-state index is 11.1. The van der Waals surface area contributed by atoms with Crippen LogP contribution in [0.25, 0.3) is 0 Å². The van der Waals surface area contributed by atoms with Gasteiger partial charge < -0.3 is 5.73 Å². The minimum Gasteiger partial charge on any atom is -0.330 e. The van der Waals surface area contributed by atoms with E-state index in [0.717, 1.165) is 13.1 Å². The molecule has 0 radical (unpaired) electrons. The van der Waals surface area contributed by atoms with Crippen LogP contribution in [-0.4, -0.2) is 36.9 Å². The molecule has 1 aliphatic rings. The molecule has 0 saturated carbocycles. The highest BCUT2D eigenvalue weighted by Crippen LogP contribution is 2.06. The van der Waals surface area contributed by atoms with Gasteiger partial charge in [0, 0.05) is 6.42 Å². The molecule has 1 fully saturated rings. The summed E-state index contributed by atoms with van der Waals surface area (Å²) in [6.45, 7) is 3.30. The molecule has 3 nitrogen and oxygen atoms in total. The highest BCUT2D eigenvalue weighted by Gasteiger charge is 2.13. The average molecular weight is 193 g/mol. The largest absolute Gasteiger partial charge is 0.330 e. The first-order chi connectivity index (χ1) is 5.33. The Morgan fingerprint density at radius 2 is 1.92 bits per heavy atom. The Labute approximate surface area is 79.7 Å². The van der Waals surface area contributed by atoms with Crippen molar-refractivity contribution in [2.45, 2.75) is 19.3 Å². The lowest BCUT2D eigenvalue weighted by Gasteiger charge is -2.12. The second-order valence-electron chi connectivity index (χ2n) is 3.06. The maximum Gasteiger partial charge on any atom is 0.148 e. The second kappa shape index (κ2) is 6.40. The molecule has 1 heterocycles. The van der Waals surface area contributed by atoms with Crippen LogP contribution in [0.1, 0.15) is 19.3 Å². The van der Waals surface area contributed by atoms with Crippen molar-refractivity contribution in [3.05, 3.63) is 0 Å². The van der Waals surface area contributed by atoms with E-state index in [-0.39, 0.29) is 18.2 Å². The van der Waals surface area contributed by atoms with Crippen molar-refractivity contribution in [1.29, 1.82) is 0 Å². The zero-order valence-corrected chi connectivity index (χ0v) is 8.11. The van der Waals surface area contributed by atoms with Gasteiger partial charge in [0.1, 0.15) is 5.78 Å². The zero-order chi connectivity index (χ0) is 8.10. The average Bonchev–Trinajstić information content (AvgIpc) is 2.40. The van der Waals surface area contributed by atoms with E-state index in [0.29, 0.717) is 19.5 Å². The quantitative estimate of drug-likeness (QED) is 0.703. The third-order valence-electron chi connectivity index (χ3n) is 2.02. The molecule has 72 valence electrons. The van der Waals surface area contributed by atoms with E-state index >= 15 is 0 Å². The molecule has 4 heteroatoms. The zero-order valence-electron chi connectivity index (χ0n) is 7.29.